The molecule has 6 aliphatic rings. The number of imidazole rings is 2. The molecule has 60 heavy (non-hydrogen) atoms. The van der Waals surface area contributed by atoms with E-state index >= 15 is 0 Å². The van der Waals surface area contributed by atoms with Crippen LogP contribution < -0.4 is 5.32 Å². The van der Waals surface area contributed by atoms with Gasteiger partial charge in [0.1, 0.15) is 17.7 Å². The Morgan fingerprint density at radius 1 is 0.800 bits per heavy atom. The lowest BCUT2D eigenvalue weighted by Crippen LogP contribution is -2.53. The van der Waals surface area contributed by atoms with Crippen molar-refractivity contribution in [3.05, 3.63) is 71.4 Å². The number of carbonyl (C=O) groups excluding carboxylic acids is 3. The Hall–Kier alpha value is -5.19. The van der Waals surface area contributed by atoms with Crippen molar-refractivity contribution in [1.82, 2.24) is 35.1 Å². The number of hydrogen-bond donors (Lipinski definition) is 3. The summed E-state index contributed by atoms with van der Waals surface area (Å²) in [6.45, 7) is 6.22. The predicted molar refractivity (Wildman–Crippen MR) is 223 cm³/mol. The molecule has 2 aromatic heterocycles. The second kappa shape index (κ2) is 15.7. The zero-order valence-corrected chi connectivity index (χ0v) is 34.6. The second-order valence-corrected chi connectivity index (χ2v) is 18.5. The zero-order valence-electron chi connectivity index (χ0n) is 34.6. The molecular formula is C47H55N7O6. The van der Waals surface area contributed by atoms with E-state index in [9.17, 15) is 14.4 Å². The number of H-pyrrole nitrogens is 2. The van der Waals surface area contributed by atoms with Crippen molar-refractivity contribution in [2.75, 3.05) is 46.6 Å². The molecule has 0 radical (unpaired) electrons. The first kappa shape index (κ1) is 39.0. The van der Waals surface area contributed by atoms with Gasteiger partial charge in [-0.05, 0) is 123 Å². The normalized spacial score (nSPS) is 24.3. The highest BCUT2D eigenvalue weighted by molar-refractivity contribution is 5.87. The number of benzene rings is 2. The minimum absolute atomic E-state index is 0.0164. The van der Waals surface area contributed by atoms with Crippen LogP contribution in [0.2, 0.25) is 0 Å². The molecule has 0 unspecified atom stereocenters. The van der Waals surface area contributed by atoms with Gasteiger partial charge in [-0.1, -0.05) is 30.9 Å². The fraction of sp³-hybridized carbons (Fsp3) is 0.553. The number of likely N-dealkylation sites (tertiary alicyclic amines) is 2. The van der Waals surface area contributed by atoms with Crippen molar-refractivity contribution >= 4 is 28.9 Å². The molecule has 3 N–H and O–H groups in total. The number of methoxy groups -OCH3 is 1. The molecule has 6 heterocycles. The number of nitrogens with zero attached hydrogens (tertiary/aromatic N) is 4. The summed E-state index contributed by atoms with van der Waals surface area (Å²) >= 11 is 0. The van der Waals surface area contributed by atoms with Gasteiger partial charge in [-0.2, -0.15) is 0 Å². The van der Waals surface area contributed by atoms with Crippen LogP contribution in [-0.4, -0.2) is 100 Å². The van der Waals surface area contributed by atoms with E-state index in [1.54, 1.807) is 0 Å². The Kier molecular flexibility index (Phi) is 10.2. The lowest BCUT2D eigenvalue weighted by atomic mass is 9.86. The van der Waals surface area contributed by atoms with Crippen molar-refractivity contribution in [2.45, 2.75) is 89.3 Å². The molecule has 2 saturated carbocycles. The molecule has 3 amide bonds. The summed E-state index contributed by atoms with van der Waals surface area (Å²) in [7, 11) is 1.33. The molecule has 13 heteroatoms. The summed E-state index contributed by atoms with van der Waals surface area (Å²) in [5.41, 5.74) is 5.80. The summed E-state index contributed by atoms with van der Waals surface area (Å²) in [6.07, 6.45) is 10.9. The summed E-state index contributed by atoms with van der Waals surface area (Å²) in [6, 6.07) is 13.3. The number of rotatable bonds is 8. The van der Waals surface area contributed by atoms with E-state index in [2.05, 4.69) is 45.0 Å². The van der Waals surface area contributed by atoms with E-state index in [0.717, 1.165) is 103 Å². The van der Waals surface area contributed by atoms with Gasteiger partial charge in [0.05, 0.1) is 42.1 Å². The maximum Gasteiger partial charge on any atom is 0.407 e. The van der Waals surface area contributed by atoms with Crippen LogP contribution in [0.3, 0.4) is 0 Å². The first-order valence-electron chi connectivity index (χ1n) is 22.0. The quantitative estimate of drug-likeness (QED) is 0.167. The highest BCUT2D eigenvalue weighted by Gasteiger charge is 2.56. The van der Waals surface area contributed by atoms with Crippen LogP contribution >= 0.6 is 0 Å². The van der Waals surface area contributed by atoms with Crippen LogP contribution in [0.5, 0.6) is 0 Å². The number of hydrogen-bond acceptors (Lipinski definition) is 8. The highest BCUT2D eigenvalue weighted by atomic mass is 16.5. The molecule has 314 valence electrons. The van der Waals surface area contributed by atoms with Gasteiger partial charge in [-0.15, -0.1) is 0 Å². The van der Waals surface area contributed by atoms with Crippen LogP contribution in [0.15, 0.2) is 48.7 Å². The maximum absolute atomic E-state index is 14.3. The zero-order chi connectivity index (χ0) is 41.0. The lowest BCUT2D eigenvalue weighted by Gasteiger charge is -2.34. The Balaban J connectivity index is 0.822. The number of amides is 3. The van der Waals surface area contributed by atoms with Gasteiger partial charge in [0, 0.05) is 56.6 Å². The fourth-order valence-electron chi connectivity index (χ4n) is 10.4. The maximum atomic E-state index is 14.3. The molecule has 0 bridgehead atoms. The lowest BCUT2D eigenvalue weighted by molar-refractivity contribution is -0.139. The number of aromatic amines is 2. The third-order valence-electron chi connectivity index (χ3n) is 14.6. The Labute approximate surface area is 350 Å². The van der Waals surface area contributed by atoms with E-state index in [-0.39, 0.29) is 46.6 Å². The molecule has 4 saturated heterocycles. The van der Waals surface area contributed by atoms with E-state index in [4.69, 9.17) is 24.2 Å². The monoisotopic (exact) mass is 813 g/mol. The van der Waals surface area contributed by atoms with Crippen LogP contribution in [0.4, 0.5) is 4.79 Å². The van der Waals surface area contributed by atoms with Gasteiger partial charge in [0.25, 0.3) is 0 Å². The molecule has 10 rings (SSSR count). The summed E-state index contributed by atoms with van der Waals surface area (Å²) < 4.78 is 16.1. The number of ether oxygens (including phenoxy) is 3. The first-order chi connectivity index (χ1) is 29.2. The smallest absolute Gasteiger partial charge is 0.407 e. The predicted octanol–water partition coefficient (Wildman–Crippen LogP) is 6.67. The van der Waals surface area contributed by atoms with Crippen molar-refractivity contribution in [1.29, 1.82) is 0 Å². The summed E-state index contributed by atoms with van der Waals surface area (Å²) in [5, 5.41) is 2.86. The van der Waals surface area contributed by atoms with E-state index in [0.29, 0.717) is 38.5 Å². The highest BCUT2D eigenvalue weighted by Crippen LogP contribution is 2.59. The van der Waals surface area contributed by atoms with Crippen molar-refractivity contribution in [3.63, 3.8) is 0 Å². The first-order valence-corrected chi connectivity index (χ1v) is 22.0. The van der Waals surface area contributed by atoms with Gasteiger partial charge in [0.15, 0.2) is 0 Å². The van der Waals surface area contributed by atoms with Crippen LogP contribution in [0.1, 0.15) is 106 Å². The van der Waals surface area contributed by atoms with Gasteiger partial charge in [-0.3, -0.25) is 9.59 Å². The minimum Gasteiger partial charge on any atom is -0.453 e. The molecule has 4 aliphatic heterocycles. The Bertz CT molecular complexity index is 2320. The number of nitrogens with one attached hydrogen (secondary N) is 3. The molecule has 13 nitrogen and oxygen atoms in total. The van der Waals surface area contributed by atoms with Crippen LogP contribution in [0, 0.1) is 40.4 Å². The summed E-state index contributed by atoms with van der Waals surface area (Å²) in [4.78, 5) is 61.6. The average molecular weight is 814 g/mol. The van der Waals surface area contributed by atoms with Gasteiger partial charge < -0.3 is 39.3 Å². The Morgan fingerprint density at radius 3 is 2.05 bits per heavy atom. The molecule has 4 atom stereocenters. The average Bonchev–Trinajstić information content (AvgIpc) is 3.90. The van der Waals surface area contributed by atoms with Gasteiger partial charge in [0.2, 0.25) is 11.8 Å². The molecule has 6 fully saturated rings. The number of fused-ring (bicyclic) bond motifs is 1. The minimum atomic E-state index is -0.675. The third kappa shape index (κ3) is 7.69. The third-order valence-corrected chi connectivity index (χ3v) is 14.6. The largest absolute Gasteiger partial charge is 0.453 e. The molecule has 2 spiro atoms. The SMILES string of the molecule is COC(=O)N[C@H](C(=O)N1CC2(CC2)C[C@H]1c1ncc(-c2ccc(C#Cc3ccc4nc([C@@H]5CC6(CC6)CN5C(=O)[C@@H](C)C5CCOCC5)[nH]c4c3)cc2)[nH]1)C1CCOCC1. The second-order valence-electron chi connectivity index (χ2n) is 18.5. The topological polar surface area (TPSA) is 155 Å². The number of carbonyl (C=O) groups is 3. The van der Waals surface area contributed by atoms with Crippen molar-refractivity contribution in [2.24, 2.45) is 28.6 Å². The van der Waals surface area contributed by atoms with Crippen LogP contribution in [-0.2, 0) is 23.8 Å². The van der Waals surface area contributed by atoms with Crippen molar-refractivity contribution < 1.29 is 28.6 Å². The van der Waals surface area contributed by atoms with Gasteiger partial charge in [-0.25, -0.2) is 14.8 Å². The van der Waals surface area contributed by atoms with E-state index in [1.165, 1.54) is 20.0 Å². The van der Waals surface area contributed by atoms with Crippen molar-refractivity contribution in [3.8, 4) is 23.1 Å². The fourth-order valence-corrected chi connectivity index (χ4v) is 10.4. The molecular weight excluding hydrogens is 759 g/mol. The molecule has 4 aromatic rings. The van der Waals surface area contributed by atoms with Gasteiger partial charge >= 0.3 is 6.09 Å². The van der Waals surface area contributed by atoms with Crippen LogP contribution in [0.25, 0.3) is 22.3 Å². The number of aromatic nitrogens is 4. The molecule has 2 aromatic carbocycles. The number of alkyl carbamates (subject to hydrolysis) is 1. The van der Waals surface area contributed by atoms with E-state index < -0.39 is 12.1 Å². The van der Waals surface area contributed by atoms with E-state index in [1.807, 2.05) is 47.5 Å². The summed E-state index contributed by atoms with van der Waals surface area (Å²) in [5.74, 6) is 8.81. The molecule has 2 aliphatic carbocycles. The standard InChI is InChI=1S/C47H55N7O6/c1-29(32-11-19-59-20-12-32)43(55)53-27-47(17-18-47)25-39(53)42-49-35-10-7-31(23-36(35)50-42)4-3-30-5-8-33(9-6-30)37-26-48-41(51-37)38-24-46(15-16-46)28-54(38)44(56)40(52-45(57)58-2)34-13-21-60-22-14-34/h5-10,23,26,29,32,34,38-40H,11-22,24-25,27-28H2,1-2H3,(H,48,51)(H,49,50)(H,52,57)/t29-,38-,39-,40-/m0/s1. The Morgan fingerprint density at radius 2 is 1.40 bits per heavy atom.